The number of nitrogens with zero attached hydrogens (tertiary/aromatic N) is 1. The zero-order valence-electron chi connectivity index (χ0n) is 10.6. The number of nitro benzene ring substituents is 1. The minimum atomic E-state index is -0.373. The highest BCUT2D eigenvalue weighted by molar-refractivity contribution is 9.10. The summed E-state index contributed by atoms with van der Waals surface area (Å²) in [6.45, 7) is 1.78. The number of nitrogens with one attached hydrogen (secondary N) is 1. The van der Waals surface area contributed by atoms with E-state index in [-0.39, 0.29) is 10.6 Å². The first kappa shape index (κ1) is 14.8. The zero-order valence-corrected chi connectivity index (χ0v) is 13.0. The molecule has 1 fully saturated rings. The van der Waals surface area contributed by atoms with Crippen molar-refractivity contribution < 1.29 is 4.92 Å². The Labute approximate surface area is 125 Å². The molecule has 0 aliphatic carbocycles. The second kappa shape index (κ2) is 7.26. The van der Waals surface area contributed by atoms with Crippen LogP contribution in [0.4, 0.5) is 5.69 Å². The van der Waals surface area contributed by atoms with Crippen molar-refractivity contribution in [3.8, 4) is 0 Å². The molecule has 6 heteroatoms. The van der Waals surface area contributed by atoms with Crippen LogP contribution in [0.3, 0.4) is 0 Å². The van der Waals surface area contributed by atoms with Crippen molar-refractivity contribution in [2.24, 2.45) is 5.92 Å². The Morgan fingerprint density at radius 2 is 2.16 bits per heavy atom. The summed E-state index contributed by atoms with van der Waals surface area (Å²) in [5.41, 5.74) is 1.19. The van der Waals surface area contributed by atoms with Crippen molar-refractivity contribution in [2.45, 2.75) is 19.4 Å². The normalized spacial score (nSPS) is 16.5. The van der Waals surface area contributed by atoms with E-state index < -0.39 is 0 Å². The van der Waals surface area contributed by atoms with Crippen LogP contribution in [0.5, 0.6) is 0 Å². The molecule has 0 aromatic heterocycles. The molecule has 1 aliphatic heterocycles. The van der Waals surface area contributed by atoms with E-state index in [2.05, 4.69) is 21.2 Å². The molecule has 0 saturated carbocycles. The minimum absolute atomic E-state index is 0.125. The maximum atomic E-state index is 10.7. The van der Waals surface area contributed by atoms with Crippen LogP contribution in [-0.2, 0) is 6.54 Å². The molecule has 4 nitrogen and oxygen atoms in total. The maximum Gasteiger partial charge on any atom is 0.270 e. The molecule has 1 aliphatic rings. The number of nitro groups is 1. The molecule has 0 bridgehead atoms. The fourth-order valence-corrected chi connectivity index (χ4v) is 3.87. The fourth-order valence-electron chi connectivity index (χ4n) is 2.15. The summed E-state index contributed by atoms with van der Waals surface area (Å²) in [5, 5.41) is 14.1. The van der Waals surface area contributed by atoms with E-state index in [1.807, 2.05) is 17.8 Å². The summed E-state index contributed by atoms with van der Waals surface area (Å²) in [6, 6.07) is 4.93. The smallest absolute Gasteiger partial charge is 0.270 e. The SMILES string of the molecule is O=[N+]([O-])c1ccc(CNCC2CCSCC2)c(Br)c1. The lowest BCUT2D eigenvalue weighted by atomic mass is 10.0. The molecule has 0 spiro atoms. The van der Waals surface area contributed by atoms with Gasteiger partial charge in [0.1, 0.15) is 0 Å². The molecular formula is C13H17BrN2O2S. The van der Waals surface area contributed by atoms with Gasteiger partial charge in [0.25, 0.3) is 5.69 Å². The number of hydrogen-bond acceptors (Lipinski definition) is 4. The molecule has 1 aromatic carbocycles. The predicted octanol–water partition coefficient (Wildman–Crippen LogP) is 3.59. The molecule has 1 saturated heterocycles. The first-order valence-corrected chi connectivity index (χ1v) is 8.33. The summed E-state index contributed by atoms with van der Waals surface area (Å²) in [4.78, 5) is 10.3. The van der Waals surface area contributed by atoms with Gasteiger partial charge < -0.3 is 5.32 Å². The van der Waals surface area contributed by atoms with Crippen LogP contribution in [-0.4, -0.2) is 23.0 Å². The third-order valence-corrected chi connectivity index (χ3v) is 5.12. The zero-order chi connectivity index (χ0) is 13.7. The van der Waals surface area contributed by atoms with E-state index in [9.17, 15) is 10.1 Å². The Hall–Kier alpha value is -0.590. The van der Waals surface area contributed by atoms with Gasteiger partial charge in [-0.1, -0.05) is 15.9 Å². The van der Waals surface area contributed by atoms with Crippen molar-refractivity contribution in [3.05, 3.63) is 38.3 Å². The summed E-state index contributed by atoms with van der Waals surface area (Å²) in [7, 11) is 0. The van der Waals surface area contributed by atoms with Gasteiger partial charge in [-0.2, -0.15) is 11.8 Å². The van der Waals surface area contributed by atoms with Crippen LogP contribution in [0.15, 0.2) is 22.7 Å². The number of non-ortho nitro benzene ring substituents is 1. The first-order valence-electron chi connectivity index (χ1n) is 6.38. The van der Waals surface area contributed by atoms with E-state index >= 15 is 0 Å². The second-order valence-corrected chi connectivity index (χ2v) is 6.80. The molecule has 0 atom stereocenters. The highest BCUT2D eigenvalue weighted by Crippen LogP contribution is 2.24. The van der Waals surface area contributed by atoms with Crippen LogP contribution in [0.2, 0.25) is 0 Å². The van der Waals surface area contributed by atoms with Gasteiger partial charge in [-0.15, -0.1) is 0 Å². The van der Waals surface area contributed by atoms with Crippen LogP contribution in [0.1, 0.15) is 18.4 Å². The number of hydrogen-bond donors (Lipinski definition) is 1. The molecule has 104 valence electrons. The van der Waals surface area contributed by atoms with Crippen molar-refractivity contribution in [2.75, 3.05) is 18.1 Å². The van der Waals surface area contributed by atoms with E-state index in [1.54, 1.807) is 12.1 Å². The summed E-state index contributed by atoms with van der Waals surface area (Å²) < 4.78 is 0.799. The highest BCUT2D eigenvalue weighted by Gasteiger charge is 2.13. The number of halogens is 1. The third kappa shape index (κ3) is 4.47. The second-order valence-electron chi connectivity index (χ2n) is 4.72. The fraction of sp³-hybridized carbons (Fsp3) is 0.538. The highest BCUT2D eigenvalue weighted by atomic mass is 79.9. The average molecular weight is 345 g/mol. The van der Waals surface area contributed by atoms with Gasteiger partial charge in [-0.25, -0.2) is 0 Å². The van der Waals surface area contributed by atoms with Gasteiger partial charge in [-0.05, 0) is 48.4 Å². The number of benzene rings is 1. The van der Waals surface area contributed by atoms with Crippen LogP contribution in [0.25, 0.3) is 0 Å². The molecule has 2 rings (SSSR count). The largest absolute Gasteiger partial charge is 0.312 e. The lowest BCUT2D eigenvalue weighted by Crippen LogP contribution is -2.25. The van der Waals surface area contributed by atoms with Gasteiger partial charge >= 0.3 is 0 Å². The van der Waals surface area contributed by atoms with E-state index in [1.165, 1.54) is 24.3 Å². The number of rotatable bonds is 5. The predicted molar refractivity (Wildman–Crippen MR) is 82.6 cm³/mol. The van der Waals surface area contributed by atoms with Crippen LogP contribution < -0.4 is 5.32 Å². The first-order chi connectivity index (χ1) is 9.16. The Balaban J connectivity index is 1.83. The maximum absolute atomic E-state index is 10.7. The Kier molecular flexibility index (Phi) is 5.66. The van der Waals surface area contributed by atoms with Crippen molar-refractivity contribution >= 4 is 33.4 Å². The Bertz CT molecular complexity index is 450. The van der Waals surface area contributed by atoms with Crippen LogP contribution >= 0.6 is 27.7 Å². The Morgan fingerprint density at radius 1 is 1.42 bits per heavy atom. The molecule has 1 N–H and O–H groups in total. The number of thioether (sulfide) groups is 1. The van der Waals surface area contributed by atoms with Crippen molar-refractivity contribution in [1.29, 1.82) is 0 Å². The minimum Gasteiger partial charge on any atom is -0.312 e. The van der Waals surface area contributed by atoms with E-state index in [4.69, 9.17) is 0 Å². The van der Waals surface area contributed by atoms with Gasteiger partial charge in [0, 0.05) is 23.2 Å². The molecule has 1 heterocycles. The van der Waals surface area contributed by atoms with Gasteiger partial charge in [0.05, 0.1) is 4.92 Å². The Morgan fingerprint density at radius 3 is 2.79 bits per heavy atom. The monoisotopic (exact) mass is 344 g/mol. The topological polar surface area (TPSA) is 55.2 Å². The summed E-state index contributed by atoms with van der Waals surface area (Å²) in [6.07, 6.45) is 2.58. The molecule has 0 unspecified atom stereocenters. The summed E-state index contributed by atoms with van der Waals surface area (Å²) >= 11 is 5.43. The quantitative estimate of drug-likeness (QED) is 0.655. The molecular weight excluding hydrogens is 328 g/mol. The lowest BCUT2D eigenvalue weighted by Gasteiger charge is -2.21. The molecule has 1 aromatic rings. The van der Waals surface area contributed by atoms with E-state index in [0.717, 1.165) is 29.0 Å². The van der Waals surface area contributed by atoms with Crippen molar-refractivity contribution in [1.82, 2.24) is 5.32 Å². The van der Waals surface area contributed by atoms with Crippen molar-refractivity contribution in [3.63, 3.8) is 0 Å². The van der Waals surface area contributed by atoms with Gasteiger partial charge in [-0.3, -0.25) is 10.1 Å². The standard InChI is InChI=1S/C13H17BrN2O2S/c14-13-7-12(16(17)18)2-1-11(13)9-15-8-10-3-5-19-6-4-10/h1-2,7,10,15H,3-6,8-9H2. The van der Waals surface area contributed by atoms with Gasteiger partial charge in [0.15, 0.2) is 0 Å². The van der Waals surface area contributed by atoms with Gasteiger partial charge in [0.2, 0.25) is 0 Å². The molecule has 0 radical (unpaired) electrons. The third-order valence-electron chi connectivity index (χ3n) is 3.34. The average Bonchev–Trinajstić information content (AvgIpc) is 2.41. The lowest BCUT2D eigenvalue weighted by molar-refractivity contribution is -0.384. The van der Waals surface area contributed by atoms with Crippen LogP contribution in [0, 0.1) is 16.0 Å². The molecule has 19 heavy (non-hydrogen) atoms. The van der Waals surface area contributed by atoms with E-state index in [0.29, 0.717) is 0 Å². The molecule has 0 amide bonds. The summed E-state index contributed by atoms with van der Waals surface area (Å²) in [5.74, 6) is 3.32.